The molecule has 0 aliphatic rings. The Balaban J connectivity index is 1.59. The maximum Gasteiger partial charge on any atom is 0.416 e. The van der Waals surface area contributed by atoms with E-state index in [1.165, 1.54) is 12.1 Å². The molecule has 0 saturated carbocycles. The van der Waals surface area contributed by atoms with Crippen molar-refractivity contribution in [3.63, 3.8) is 0 Å². The van der Waals surface area contributed by atoms with Gasteiger partial charge in [0.15, 0.2) is 0 Å². The molecule has 0 radical (unpaired) electrons. The first-order valence-electron chi connectivity index (χ1n) is 12.2. The Kier molecular flexibility index (Phi) is 6.86. The number of nitrogens with zero attached hydrogens (tertiary/aromatic N) is 3. The molecule has 0 aliphatic carbocycles. The zero-order chi connectivity index (χ0) is 27.6. The summed E-state index contributed by atoms with van der Waals surface area (Å²) in [6.07, 6.45) is 2.81. The van der Waals surface area contributed by atoms with Crippen molar-refractivity contribution in [3.05, 3.63) is 113 Å². The lowest BCUT2D eigenvalue weighted by Crippen LogP contribution is -2.22. The quantitative estimate of drug-likeness (QED) is 0.265. The topological polar surface area (TPSA) is 74.3 Å². The Morgan fingerprint density at radius 1 is 1.18 bits per heavy atom. The molecular formula is C30H25F3N6. The number of aromatic amines is 2. The first-order chi connectivity index (χ1) is 18.8. The largest absolute Gasteiger partial charge is 0.416 e. The maximum atomic E-state index is 13.5. The van der Waals surface area contributed by atoms with E-state index in [1.807, 2.05) is 37.4 Å². The van der Waals surface area contributed by atoms with E-state index in [1.54, 1.807) is 23.1 Å². The van der Waals surface area contributed by atoms with Crippen LogP contribution in [0.1, 0.15) is 22.4 Å². The molecule has 5 rings (SSSR count). The first kappa shape index (κ1) is 25.7. The van der Waals surface area contributed by atoms with E-state index in [0.29, 0.717) is 29.6 Å². The van der Waals surface area contributed by atoms with Crippen LogP contribution in [-0.4, -0.2) is 31.5 Å². The SMILES string of the molecule is C=C=C(NCCn1ccnn1)c1c[nH]c(/C=c2\c(=C=C)[nH]c3cccc(-c4cccc(C(F)(F)F)c4)c23)c1C. The van der Waals surface area contributed by atoms with E-state index in [2.05, 4.69) is 50.2 Å². The van der Waals surface area contributed by atoms with Crippen LogP contribution in [0.4, 0.5) is 13.2 Å². The molecule has 0 saturated heterocycles. The van der Waals surface area contributed by atoms with Gasteiger partial charge in [0.2, 0.25) is 0 Å². The van der Waals surface area contributed by atoms with Crippen molar-refractivity contribution in [2.24, 2.45) is 0 Å². The highest BCUT2D eigenvalue weighted by Crippen LogP contribution is 2.33. The highest BCUT2D eigenvalue weighted by atomic mass is 19.4. The standard InChI is InChI=1S/C30H25F3N6/c1-4-25(34-12-14-39-15-13-36-38-39)24-18-35-28(19(24)3)17-23-26(5-2)37-27-11-7-10-22(29(23)27)20-8-6-9-21(16-20)30(31,32)33/h6-11,13,15-18,34-35,37H,1-2,12,14H2,3H3/b23-17+. The van der Waals surface area contributed by atoms with Crippen molar-refractivity contribution in [1.29, 1.82) is 0 Å². The fourth-order valence-corrected chi connectivity index (χ4v) is 4.63. The molecule has 2 aromatic carbocycles. The molecule has 39 heavy (non-hydrogen) atoms. The lowest BCUT2D eigenvalue weighted by molar-refractivity contribution is -0.137. The summed E-state index contributed by atoms with van der Waals surface area (Å²) in [6, 6.07) is 10.9. The lowest BCUT2D eigenvalue weighted by Gasteiger charge is -2.10. The Labute approximate surface area is 222 Å². The number of hydrogen-bond acceptors (Lipinski definition) is 3. The van der Waals surface area contributed by atoms with Crippen molar-refractivity contribution in [2.75, 3.05) is 6.54 Å². The van der Waals surface area contributed by atoms with Gasteiger partial charge in [-0.3, -0.25) is 4.68 Å². The van der Waals surface area contributed by atoms with Gasteiger partial charge in [-0.2, -0.15) is 13.2 Å². The Morgan fingerprint density at radius 3 is 2.72 bits per heavy atom. The minimum absolute atomic E-state index is 0.469. The number of alkyl halides is 3. The summed E-state index contributed by atoms with van der Waals surface area (Å²) in [7, 11) is 0. The van der Waals surface area contributed by atoms with E-state index in [-0.39, 0.29) is 0 Å². The van der Waals surface area contributed by atoms with Crippen LogP contribution >= 0.6 is 0 Å². The molecule has 196 valence electrons. The van der Waals surface area contributed by atoms with Gasteiger partial charge in [0.25, 0.3) is 0 Å². The average Bonchev–Trinajstić information content (AvgIpc) is 3.66. The number of H-pyrrole nitrogens is 2. The summed E-state index contributed by atoms with van der Waals surface area (Å²) in [5.74, 6) is 0. The van der Waals surface area contributed by atoms with E-state index in [0.717, 1.165) is 44.7 Å². The summed E-state index contributed by atoms with van der Waals surface area (Å²) in [5, 5.41) is 13.3. The minimum atomic E-state index is -4.44. The molecular weight excluding hydrogens is 501 g/mol. The van der Waals surface area contributed by atoms with Crippen LogP contribution in [0.2, 0.25) is 0 Å². The number of aromatic nitrogens is 5. The molecule has 9 heteroatoms. The zero-order valence-electron chi connectivity index (χ0n) is 21.2. The summed E-state index contributed by atoms with van der Waals surface area (Å²) < 4.78 is 42.1. The van der Waals surface area contributed by atoms with Crippen LogP contribution in [0.25, 0.3) is 39.5 Å². The van der Waals surface area contributed by atoms with Crippen LogP contribution in [0, 0.1) is 6.92 Å². The smallest absolute Gasteiger partial charge is 0.376 e. The van der Waals surface area contributed by atoms with E-state index < -0.39 is 11.7 Å². The second-order valence-corrected chi connectivity index (χ2v) is 8.93. The minimum Gasteiger partial charge on any atom is -0.376 e. The molecule has 0 fully saturated rings. The van der Waals surface area contributed by atoms with Crippen LogP contribution in [0.5, 0.6) is 0 Å². The third kappa shape index (κ3) is 5.09. The normalized spacial score (nSPS) is 11.9. The Morgan fingerprint density at radius 2 is 2.00 bits per heavy atom. The summed E-state index contributed by atoms with van der Waals surface area (Å²) in [6.45, 7) is 10.9. The van der Waals surface area contributed by atoms with Gasteiger partial charge in [0, 0.05) is 46.3 Å². The molecule has 0 unspecified atom stereocenters. The molecule has 0 atom stereocenters. The van der Waals surface area contributed by atoms with Gasteiger partial charge in [-0.05, 0) is 47.9 Å². The molecule has 3 heterocycles. The third-order valence-corrected chi connectivity index (χ3v) is 6.57. The fourth-order valence-electron chi connectivity index (χ4n) is 4.63. The van der Waals surface area contributed by atoms with E-state index >= 15 is 0 Å². The number of fused-ring (bicyclic) bond motifs is 1. The molecule has 0 aliphatic heterocycles. The van der Waals surface area contributed by atoms with Gasteiger partial charge >= 0.3 is 6.18 Å². The lowest BCUT2D eigenvalue weighted by atomic mass is 9.98. The highest BCUT2D eigenvalue weighted by molar-refractivity contribution is 5.96. The number of nitrogens with one attached hydrogen (secondary N) is 3. The Bertz CT molecular complexity index is 1840. The molecule has 0 bridgehead atoms. The first-order valence-corrected chi connectivity index (χ1v) is 12.2. The van der Waals surface area contributed by atoms with Gasteiger partial charge in [-0.15, -0.1) is 16.6 Å². The second-order valence-electron chi connectivity index (χ2n) is 8.93. The van der Waals surface area contributed by atoms with E-state index in [4.69, 9.17) is 0 Å². The summed E-state index contributed by atoms with van der Waals surface area (Å²) in [5.41, 5.74) is 10.5. The summed E-state index contributed by atoms with van der Waals surface area (Å²) in [4.78, 5) is 6.61. The van der Waals surface area contributed by atoms with Crippen LogP contribution < -0.4 is 15.9 Å². The predicted molar refractivity (Wildman–Crippen MR) is 147 cm³/mol. The van der Waals surface area contributed by atoms with Crippen molar-refractivity contribution >= 4 is 28.4 Å². The maximum absolute atomic E-state index is 13.5. The van der Waals surface area contributed by atoms with Crippen LogP contribution in [0.15, 0.2) is 79.9 Å². The molecule has 3 aromatic heterocycles. The van der Waals surface area contributed by atoms with Crippen molar-refractivity contribution in [1.82, 2.24) is 30.3 Å². The number of rotatable bonds is 7. The van der Waals surface area contributed by atoms with Crippen LogP contribution in [0.3, 0.4) is 0 Å². The molecule has 5 aromatic rings. The molecule has 6 nitrogen and oxygen atoms in total. The van der Waals surface area contributed by atoms with Gasteiger partial charge in [-0.25, -0.2) is 0 Å². The van der Waals surface area contributed by atoms with Gasteiger partial charge in [-0.1, -0.05) is 42.6 Å². The monoisotopic (exact) mass is 526 g/mol. The van der Waals surface area contributed by atoms with Crippen molar-refractivity contribution < 1.29 is 13.2 Å². The van der Waals surface area contributed by atoms with Crippen LogP contribution in [-0.2, 0) is 12.7 Å². The third-order valence-electron chi connectivity index (χ3n) is 6.57. The molecule has 3 N–H and O–H groups in total. The fraction of sp³-hybridized carbons (Fsp3) is 0.133. The van der Waals surface area contributed by atoms with E-state index in [9.17, 15) is 13.2 Å². The number of hydrogen-bond donors (Lipinski definition) is 3. The van der Waals surface area contributed by atoms with Gasteiger partial charge in [0.1, 0.15) is 0 Å². The zero-order valence-corrected chi connectivity index (χ0v) is 21.2. The number of benzene rings is 2. The number of halogens is 3. The Hall–Kier alpha value is -4.97. The molecule has 0 spiro atoms. The summed E-state index contributed by atoms with van der Waals surface area (Å²) >= 11 is 0. The van der Waals surface area contributed by atoms with Gasteiger partial charge in [0.05, 0.1) is 29.4 Å². The second kappa shape index (κ2) is 10.4. The predicted octanol–water partition coefficient (Wildman–Crippen LogP) is 4.89. The average molecular weight is 527 g/mol. The van der Waals surface area contributed by atoms with Gasteiger partial charge < -0.3 is 15.3 Å². The highest BCUT2D eigenvalue weighted by Gasteiger charge is 2.30. The molecule has 0 amide bonds. The van der Waals surface area contributed by atoms with Crippen molar-refractivity contribution in [2.45, 2.75) is 19.6 Å². The van der Waals surface area contributed by atoms with Crippen molar-refractivity contribution in [3.8, 4) is 11.1 Å².